The molecule has 0 aromatic rings. The van der Waals surface area contributed by atoms with E-state index < -0.39 is 0 Å². The van der Waals surface area contributed by atoms with Crippen LogP contribution in [0.25, 0.3) is 0 Å². The summed E-state index contributed by atoms with van der Waals surface area (Å²) in [5, 5.41) is 0. The van der Waals surface area contributed by atoms with Crippen LogP contribution in [0, 0.1) is 0 Å². The van der Waals surface area contributed by atoms with E-state index in [1.54, 1.807) is 14.2 Å². The monoisotopic (exact) mass is 130 g/mol. The molecular formula is C7H14O2. The van der Waals surface area contributed by atoms with Gasteiger partial charge in [0.25, 0.3) is 0 Å². The van der Waals surface area contributed by atoms with Gasteiger partial charge in [0.15, 0.2) is 0 Å². The van der Waals surface area contributed by atoms with Crippen LogP contribution < -0.4 is 0 Å². The Balaban J connectivity index is 3.53. The number of ether oxygens (including phenoxy) is 2. The van der Waals surface area contributed by atoms with Crippen molar-refractivity contribution in [3.63, 3.8) is 0 Å². The molecule has 0 rings (SSSR count). The Morgan fingerprint density at radius 3 is 2.44 bits per heavy atom. The highest BCUT2D eigenvalue weighted by molar-refractivity contribution is 4.91. The lowest BCUT2D eigenvalue weighted by Crippen LogP contribution is -1.95. The van der Waals surface area contributed by atoms with Crippen molar-refractivity contribution < 1.29 is 9.47 Å². The summed E-state index contributed by atoms with van der Waals surface area (Å²) in [5.41, 5.74) is 0. The fourth-order valence-electron chi connectivity index (χ4n) is 0.571. The molecule has 2 heteroatoms. The third-order valence-electron chi connectivity index (χ3n) is 0.981. The van der Waals surface area contributed by atoms with Gasteiger partial charge in [-0.05, 0) is 12.5 Å². The highest BCUT2D eigenvalue weighted by atomic mass is 16.5. The van der Waals surface area contributed by atoms with Crippen molar-refractivity contribution in [2.45, 2.75) is 13.3 Å². The average Bonchev–Trinajstić information content (AvgIpc) is 1.88. The van der Waals surface area contributed by atoms with Crippen LogP contribution in [0.5, 0.6) is 0 Å². The molecule has 2 nitrogen and oxygen atoms in total. The maximum absolute atomic E-state index is 4.97. The van der Waals surface area contributed by atoms with Crippen molar-refractivity contribution in [2.24, 2.45) is 0 Å². The lowest BCUT2D eigenvalue weighted by Gasteiger charge is -2.02. The van der Waals surface area contributed by atoms with Gasteiger partial charge in [-0.3, -0.25) is 0 Å². The van der Waals surface area contributed by atoms with Gasteiger partial charge in [-0.15, -0.1) is 0 Å². The van der Waals surface area contributed by atoms with Crippen LogP contribution in [-0.4, -0.2) is 20.8 Å². The minimum atomic E-state index is 0.574. The fourth-order valence-corrected chi connectivity index (χ4v) is 0.571. The van der Waals surface area contributed by atoms with Crippen LogP contribution in [0.15, 0.2) is 11.8 Å². The quantitative estimate of drug-likeness (QED) is 0.538. The molecule has 0 aliphatic rings. The van der Waals surface area contributed by atoms with E-state index in [1.807, 2.05) is 6.08 Å². The van der Waals surface area contributed by atoms with Crippen LogP contribution in [0.3, 0.4) is 0 Å². The highest BCUT2D eigenvalue weighted by Crippen LogP contribution is 1.96. The number of allylic oxidation sites excluding steroid dienone is 1. The lowest BCUT2D eigenvalue weighted by molar-refractivity contribution is 0.158. The van der Waals surface area contributed by atoms with Crippen molar-refractivity contribution >= 4 is 0 Å². The summed E-state index contributed by atoms with van der Waals surface area (Å²) in [6, 6.07) is 0. The summed E-state index contributed by atoms with van der Waals surface area (Å²) < 4.78 is 9.82. The van der Waals surface area contributed by atoms with Gasteiger partial charge in [-0.25, -0.2) is 0 Å². The molecule has 0 saturated carbocycles. The Bertz CT molecular complexity index is 86.9. The zero-order valence-electron chi connectivity index (χ0n) is 6.31. The molecule has 9 heavy (non-hydrogen) atoms. The molecule has 0 aliphatic carbocycles. The van der Waals surface area contributed by atoms with Gasteiger partial charge in [0.05, 0.1) is 7.11 Å². The van der Waals surface area contributed by atoms with Gasteiger partial charge in [-0.1, -0.05) is 6.92 Å². The van der Waals surface area contributed by atoms with Crippen LogP contribution >= 0.6 is 0 Å². The Hall–Kier alpha value is -0.500. The molecule has 0 fully saturated rings. The summed E-state index contributed by atoms with van der Waals surface area (Å²) in [6.07, 6.45) is 3.00. The second kappa shape index (κ2) is 5.63. The molecule has 0 unspecified atom stereocenters. The van der Waals surface area contributed by atoms with Gasteiger partial charge in [0, 0.05) is 7.11 Å². The average molecular weight is 130 g/mol. The Morgan fingerprint density at radius 2 is 2.11 bits per heavy atom. The smallest absolute Gasteiger partial charge is 0.117 e. The molecule has 0 radical (unpaired) electrons. The summed E-state index contributed by atoms with van der Waals surface area (Å²) in [5.74, 6) is 0.903. The van der Waals surface area contributed by atoms with E-state index in [0.29, 0.717) is 6.61 Å². The van der Waals surface area contributed by atoms with E-state index in [-0.39, 0.29) is 0 Å². The van der Waals surface area contributed by atoms with Gasteiger partial charge in [0.1, 0.15) is 12.4 Å². The molecule has 0 atom stereocenters. The summed E-state index contributed by atoms with van der Waals surface area (Å²) in [6.45, 7) is 2.64. The first-order valence-electron chi connectivity index (χ1n) is 3.07. The van der Waals surface area contributed by atoms with E-state index >= 15 is 0 Å². The zero-order chi connectivity index (χ0) is 7.11. The van der Waals surface area contributed by atoms with Crippen molar-refractivity contribution in [1.29, 1.82) is 0 Å². The molecule has 0 spiro atoms. The van der Waals surface area contributed by atoms with Crippen LogP contribution in [0.1, 0.15) is 13.3 Å². The lowest BCUT2D eigenvalue weighted by atomic mass is 10.4. The summed E-state index contributed by atoms with van der Waals surface area (Å²) >= 11 is 0. The third-order valence-corrected chi connectivity index (χ3v) is 0.981. The Labute approximate surface area is 56.5 Å². The maximum Gasteiger partial charge on any atom is 0.117 e. The predicted molar refractivity (Wildman–Crippen MR) is 37.3 cm³/mol. The minimum absolute atomic E-state index is 0.574. The topological polar surface area (TPSA) is 18.5 Å². The molecule has 0 bridgehead atoms. The van der Waals surface area contributed by atoms with Gasteiger partial charge in [0.2, 0.25) is 0 Å². The Morgan fingerprint density at radius 1 is 1.44 bits per heavy atom. The van der Waals surface area contributed by atoms with Crippen LogP contribution in [-0.2, 0) is 9.47 Å². The largest absolute Gasteiger partial charge is 0.499 e. The highest BCUT2D eigenvalue weighted by Gasteiger charge is 1.90. The van der Waals surface area contributed by atoms with E-state index in [4.69, 9.17) is 9.47 Å². The summed E-state index contributed by atoms with van der Waals surface area (Å²) in [7, 11) is 3.31. The molecule has 0 aromatic carbocycles. The standard InChI is InChI=1S/C7H14O2/c1-4-5-7(9-3)6-8-2/h5H,4,6H2,1-3H3/b7-5+. The van der Waals surface area contributed by atoms with Gasteiger partial charge in [-0.2, -0.15) is 0 Å². The zero-order valence-corrected chi connectivity index (χ0v) is 6.31. The first-order chi connectivity index (χ1) is 4.35. The first-order valence-corrected chi connectivity index (χ1v) is 3.07. The molecule has 54 valence electrons. The molecule has 0 N–H and O–H groups in total. The molecule has 0 saturated heterocycles. The molecular weight excluding hydrogens is 116 g/mol. The normalized spacial score (nSPS) is 11.7. The van der Waals surface area contributed by atoms with E-state index in [0.717, 1.165) is 12.2 Å². The first kappa shape index (κ1) is 8.50. The molecule has 0 amide bonds. The second-order valence-corrected chi connectivity index (χ2v) is 1.72. The maximum atomic E-state index is 4.97. The van der Waals surface area contributed by atoms with E-state index in [1.165, 1.54) is 0 Å². The van der Waals surface area contributed by atoms with E-state index in [9.17, 15) is 0 Å². The van der Waals surface area contributed by atoms with Crippen molar-refractivity contribution in [3.8, 4) is 0 Å². The number of methoxy groups -OCH3 is 2. The van der Waals surface area contributed by atoms with Crippen LogP contribution in [0.2, 0.25) is 0 Å². The predicted octanol–water partition coefficient (Wildman–Crippen LogP) is 1.57. The number of hydrogen-bond donors (Lipinski definition) is 0. The summed E-state index contributed by atoms with van der Waals surface area (Å²) in [4.78, 5) is 0. The van der Waals surface area contributed by atoms with Gasteiger partial charge < -0.3 is 9.47 Å². The fraction of sp³-hybridized carbons (Fsp3) is 0.714. The molecule has 0 aromatic heterocycles. The second-order valence-electron chi connectivity index (χ2n) is 1.72. The number of hydrogen-bond acceptors (Lipinski definition) is 2. The van der Waals surface area contributed by atoms with E-state index in [2.05, 4.69) is 6.92 Å². The minimum Gasteiger partial charge on any atom is -0.499 e. The molecule has 0 heterocycles. The van der Waals surface area contributed by atoms with Crippen molar-refractivity contribution in [1.82, 2.24) is 0 Å². The Kier molecular flexibility index (Phi) is 5.32. The third kappa shape index (κ3) is 4.03. The van der Waals surface area contributed by atoms with Crippen molar-refractivity contribution in [2.75, 3.05) is 20.8 Å². The van der Waals surface area contributed by atoms with Crippen molar-refractivity contribution in [3.05, 3.63) is 11.8 Å². The van der Waals surface area contributed by atoms with Crippen LogP contribution in [0.4, 0.5) is 0 Å². The SMILES string of the molecule is CC/C=C(\COC)OC. The molecule has 0 aliphatic heterocycles. The number of rotatable bonds is 4. The van der Waals surface area contributed by atoms with Gasteiger partial charge >= 0.3 is 0 Å².